The van der Waals surface area contributed by atoms with Gasteiger partial charge in [0, 0.05) is 55.4 Å². The number of urea groups is 1. The Morgan fingerprint density at radius 1 is 1.02 bits per heavy atom. The Balaban J connectivity index is 1.42. The van der Waals surface area contributed by atoms with Crippen molar-refractivity contribution in [1.82, 2.24) is 30.3 Å². The number of amides is 3. The lowest BCUT2D eigenvalue weighted by atomic mass is 10.1. The van der Waals surface area contributed by atoms with Crippen molar-refractivity contribution >= 4 is 29.1 Å². The highest BCUT2D eigenvalue weighted by Gasteiger charge is 2.19. The van der Waals surface area contributed by atoms with Gasteiger partial charge in [-0.25, -0.2) is 19.2 Å². The van der Waals surface area contributed by atoms with E-state index >= 15 is 0 Å². The van der Waals surface area contributed by atoms with Crippen LogP contribution in [0.2, 0.25) is 0 Å². The summed E-state index contributed by atoms with van der Waals surface area (Å²) in [5.74, 6) is -2.15. The van der Waals surface area contributed by atoms with Crippen LogP contribution in [0.3, 0.4) is 0 Å². The van der Waals surface area contributed by atoms with Gasteiger partial charge in [0.2, 0.25) is 5.82 Å². The molecule has 0 unspecified atom stereocenters. The van der Waals surface area contributed by atoms with E-state index in [0.29, 0.717) is 61.0 Å². The van der Waals surface area contributed by atoms with Gasteiger partial charge in [-0.2, -0.15) is 4.39 Å². The number of nitrogens with two attached hydrogens (primary N) is 1. The van der Waals surface area contributed by atoms with Gasteiger partial charge >= 0.3 is 6.03 Å². The third-order valence-electron chi connectivity index (χ3n) is 6.06. The number of hydrogen-bond acceptors (Lipinski definition) is 7. The molecule has 6 N–H and O–H groups in total. The van der Waals surface area contributed by atoms with E-state index < -0.39 is 11.6 Å². The van der Waals surface area contributed by atoms with E-state index in [0.717, 1.165) is 5.56 Å². The van der Waals surface area contributed by atoms with E-state index in [4.69, 9.17) is 10.5 Å². The summed E-state index contributed by atoms with van der Waals surface area (Å²) in [4.78, 5) is 32.9. The van der Waals surface area contributed by atoms with Crippen LogP contribution < -0.4 is 31.7 Å². The van der Waals surface area contributed by atoms with E-state index in [1.165, 1.54) is 31.6 Å². The first-order chi connectivity index (χ1) is 19.3. The average Bonchev–Trinajstić information content (AvgIpc) is 3.38. The Morgan fingerprint density at radius 3 is 2.55 bits per heavy atom. The van der Waals surface area contributed by atoms with Crippen molar-refractivity contribution in [3.63, 3.8) is 0 Å². The molecule has 3 amide bonds. The Hall–Kier alpha value is -4.78. The third-order valence-corrected chi connectivity index (χ3v) is 6.06. The summed E-state index contributed by atoms with van der Waals surface area (Å²) >= 11 is 0. The van der Waals surface area contributed by atoms with Crippen molar-refractivity contribution in [1.29, 1.82) is 0 Å². The number of benzene rings is 2. The van der Waals surface area contributed by atoms with E-state index in [2.05, 4.69) is 31.2 Å². The van der Waals surface area contributed by atoms with Crippen molar-refractivity contribution in [2.45, 2.75) is 13.3 Å². The quantitative estimate of drug-likeness (QED) is 0.180. The average molecular weight is 553 g/mol. The first-order valence-corrected chi connectivity index (χ1v) is 12.6. The van der Waals surface area contributed by atoms with Gasteiger partial charge in [0.05, 0.1) is 19.0 Å². The molecule has 0 bridgehead atoms. The normalized spacial score (nSPS) is 10.8. The first-order valence-electron chi connectivity index (χ1n) is 12.6. The number of imidazole rings is 1. The minimum absolute atomic E-state index is 0.0276. The second-order valence-electron chi connectivity index (χ2n) is 8.79. The maximum Gasteiger partial charge on any atom is 0.314 e. The molecule has 13 heteroatoms. The molecule has 0 aliphatic rings. The number of methoxy groups -OCH3 is 1. The van der Waals surface area contributed by atoms with Gasteiger partial charge in [0.25, 0.3) is 5.91 Å². The van der Waals surface area contributed by atoms with E-state index in [-0.39, 0.29) is 23.3 Å². The maximum absolute atomic E-state index is 14.7. The molecular weight excluding hydrogens is 522 g/mol. The summed E-state index contributed by atoms with van der Waals surface area (Å²) in [6.07, 6.45) is 5.12. The Morgan fingerprint density at radius 2 is 1.80 bits per heavy atom. The summed E-state index contributed by atoms with van der Waals surface area (Å²) in [5, 5.41) is 11.3. The van der Waals surface area contributed by atoms with Crippen molar-refractivity contribution in [2.24, 2.45) is 5.73 Å². The number of hydrogen-bond donors (Lipinski definition) is 5. The van der Waals surface area contributed by atoms with E-state index in [1.54, 1.807) is 28.8 Å². The van der Waals surface area contributed by atoms with Crippen molar-refractivity contribution in [3.05, 3.63) is 71.7 Å². The minimum Gasteiger partial charge on any atom is -0.494 e. The number of fused-ring (bicyclic) bond motifs is 1. The smallest absolute Gasteiger partial charge is 0.314 e. The molecule has 0 aliphatic heterocycles. The second kappa shape index (κ2) is 12.8. The number of aromatic nitrogens is 3. The summed E-state index contributed by atoms with van der Waals surface area (Å²) in [5.41, 5.74) is 8.00. The van der Waals surface area contributed by atoms with Crippen molar-refractivity contribution in [2.75, 3.05) is 38.6 Å². The van der Waals surface area contributed by atoms with Crippen LogP contribution in [0.4, 0.5) is 25.1 Å². The van der Waals surface area contributed by atoms with Crippen molar-refractivity contribution < 1.29 is 23.1 Å². The first kappa shape index (κ1) is 28.2. The molecule has 2 aromatic heterocycles. The fourth-order valence-electron chi connectivity index (χ4n) is 4.06. The predicted octanol–water partition coefficient (Wildman–Crippen LogP) is 3.11. The highest BCUT2D eigenvalue weighted by molar-refractivity contribution is 5.96. The maximum atomic E-state index is 14.7. The summed E-state index contributed by atoms with van der Waals surface area (Å²) in [6, 6.07) is 7.71. The number of aryl methyl sites for hydroxylation is 1. The van der Waals surface area contributed by atoms with Crippen LogP contribution in [0.5, 0.6) is 5.75 Å². The van der Waals surface area contributed by atoms with Crippen LogP contribution >= 0.6 is 0 Å². The molecule has 0 atom stereocenters. The molecule has 0 radical (unpaired) electrons. The molecule has 40 heavy (non-hydrogen) atoms. The number of nitrogens with zero attached hydrogens (tertiary/aromatic N) is 3. The summed E-state index contributed by atoms with van der Waals surface area (Å²) in [6.45, 7) is 3.37. The molecule has 210 valence electrons. The summed E-state index contributed by atoms with van der Waals surface area (Å²) in [7, 11) is 1.27. The zero-order valence-corrected chi connectivity index (χ0v) is 22.1. The largest absolute Gasteiger partial charge is 0.494 e. The molecule has 2 aromatic carbocycles. The highest BCUT2D eigenvalue weighted by atomic mass is 19.2. The number of halogens is 2. The lowest BCUT2D eigenvalue weighted by Gasteiger charge is -2.12. The Bertz CT molecular complexity index is 1530. The van der Waals surface area contributed by atoms with Crippen LogP contribution in [0, 0.1) is 18.6 Å². The molecular formula is C27H30F2N8O3. The predicted molar refractivity (Wildman–Crippen MR) is 147 cm³/mol. The van der Waals surface area contributed by atoms with Gasteiger partial charge < -0.3 is 31.7 Å². The monoisotopic (exact) mass is 552 g/mol. The van der Waals surface area contributed by atoms with Crippen LogP contribution in [0.25, 0.3) is 16.9 Å². The van der Waals surface area contributed by atoms with Gasteiger partial charge in [-0.1, -0.05) is 0 Å². The van der Waals surface area contributed by atoms with Gasteiger partial charge in [-0.3, -0.25) is 9.20 Å². The highest BCUT2D eigenvalue weighted by Crippen LogP contribution is 2.31. The SMILES string of the molecule is COc1ccc(-c2cnc3c(Nc4ccc(C(=O)NCCCNC(=O)NCCN)c(C)c4)nccn23)c(F)c1F. The molecule has 2 heterocycles. The molecule has 0 spiro atoms. The molecule has 11 nitrogen and oxygen atoms in total. The second-order valence-corrected chi connectivity index (χ2v) is 8.79. The number of anilines is 2. The lowest BCUT2D eigenvalue weighted by molar-refractivity contribution is 0.0953. The topological polar surface area (TPSA) is 148 Å². The molecule has 0 aliphatic carbocycles. The van der Waals surface area contributed by atoms with Crippen LogP contribution in [-0.2, 0) is 0 Å². The molecule has 4 aromatic rings. The third kappa shape index (κ3) is 6.26. The van der Waals surface area contributed by atoms with Crippen LogP contribution in [0.15, 0.2) is 48.9 Å². The van der Waals surface area contributed by atoms with E-state index in [9.17, 15) is 18.4 Å². The van der Waals surface area contributed by atoms with E-state index in [1.807, 2.05) is 6.92 Å². The zero-order valence-electron chi connectivity index (χ0n) is 22.1. The zero-order chi connectivity index (χ0) is 28.6. The number of nitrogens with one attached hydrogen (secondary N) is 4. The van der Waals surface area contributed by atoms with Crippen molar-refractivity contribution in [3.8, 4) is 17.0 Å². The number of carbonyl (C=O) groups is 2. The molecule has 0 fully saturated rings. The van der Waals surface area contributed by atoms with Gasteiger partial charge in [-0.15, -0.1) is 0 Å². The Kier molecular flexibility index (Phi) is 9.07. The molecule has 0 saturated carbocycles. The minimum atomic E-state index is -1.08. The van der Waals surface area contributed by atoms with Crippen LogP contribution in [-0.4, -0.2) is 59.6 Å². The van der Waals surface area contributed by atoms with Gasteiger partial charge in [-0.05, 0) is 49.2 Å². The number of ether oxygens (including phenoxy) is 1. The fourth-order valence-corrected chi connectivity index (χ4v) is 4.06. The van der Waals surface area contributed by atoms with Gasteiger partial charge in [0.15, 0.2) is 23.0 Å². The number of carbonyl (C=O) groups excluding carboxylic acids is 2. The number of rotatable bonds is 11. The fraction of sp³-hybridized carbons (Fsp3) is 0.259. The Labute approximate surface area is 229 Å². The molecule has 4 rings (SSSR count). The van der Waals surface area contributed by atoms with Crippen LogP contribution in [0.1, 0.15) is 22.3 Å². The lowest BCUT2D eigenvalue weighted by Crippen LogP contribution is -2.39. The summed E-state index contributed by atoms with van der Waals surface area (Å²) < 4.78 is 35.5. The standard InChI is InChI=1S/C27H30F2N8O3/c1-16-14-17(4-5-18(16)26(38)32-9-3-10-33-27(39)34-11-8-30)36-24-25-35-15-20(37(25)13-12-31-24)19-6-7-21(40-2)23(29)22(19)28/h4-7,12-15H,3,8-11,30H2,1-2H3,(H,31,36)(H,32,38)(H2,33,34,39). The molecule has 0 saturated heterocycles. The van der Waals surface area contributed by atoms with Gasteiger partial charge in [0.1, 0.15) is 0 Å².